The third kappa shape index (κ3) is 3.98. The molecule has 0 bridgehead atoms. The molecule has 0 radical (unpaired) electrons. The minimum absolute atomic E-state index is 0.278. The predicted molar refractivity (Wildman–Crippen MR) is 65.2 cm³/mol. The van der Waals surface area contributed by atoms with Crippen molar-refractivity contribution in [3.63, 3.8) is 0 Å². The molecule has 1 fully saturated rings. The molecule has 0 atom stereocenters. The molecule has 0 aromatic carbocycles. The molecule has 0 N–H and O–H groups in total. The van der Waals surface area contributed by atoms with Crippen LogP contribution >= 0.6 is 0 Å². The van der Waals surface area contributed by atoms with E-state index in [0.29, 0.717) is 0 Å². The van der Waals surface area contributed by atoms with Gasteiger partial charge in [-0.05, 0) is 38.7 Å². The lowest BCUT2D eigenvalue weighted by Gasteiger charge is -2.35. The highest BCUT2D eigenvalue weighted by molar-refractivity contribution is 7.85. The first-order chi connectivity index (χ1) is 7.08. The van der Waals surface area contributed by atoms with Crippen molar-refractivity contribution in [1.29, 1.82) is 0 Å². The Balaban J connectivity index is 2.46. The highest BCUT2D eigenvalue weighted by Crippen LogP contribution is 2.35. The predicted octanol–water partition coefficient (Wildman–Crippen LogP) is 2.87. The lowest BCUT2D eigenvalue weighted by Crippen LogP contribution is -2.34. The van der Waals surface area contributed by atoms with Crippen LogP contribution in [0.5, 0.6) is 0 Å². The van der Waals surface area contributed by atoms with E-state index in [2.05, 4.69) is 6.92 Å². The molecule has 0 aromatic rings. The van der Waals surface area contributed by atoms with Gasteiger partial charge >= 0.3 is 0 Å². The molecule has 0 aromatic heterocycles. The molecule has 0 spiro atoms. The standard InChI is InChI=1S/C12H22O2S/c1-4-12(10-14-9-11(2)3)5-7-15(13)8-6-12/h9H,4-8,10H2,1-3H3. The fourth-order valence-corrected chi connectivity index (χ4v) is 3.40. The number of allylic oxidation sites excluding steroid dienone is 1. The van der Waals surface area contributed by atoms with Crippen LogP contribution < -0.4 is 0 Å². The molecule has 0 unspecified atom stereocenters. The zero-order valence-electron chi connectivity index (χ0n) is 10.0. The molecular formula is C12H22O2S. The summed E-state index contributed by atoms with van der Waals surface area (Å²) in [5.74, 6) is 1.71. The average Bonchev–Trinajstić information content (AvgIpc) is 2.21. The van der Waals surface area contributed by atoms with Gasteiger partial charge in [0.1, 0.15) is 0 Å². The molecule has 1 rings (SSSR count). The largest absolute Gasteiger partial charge is 0.501 e. The summed E-state index contributed by atoms with van der Waals surface area (Å²) < 4.78 is 16.9. The molecule has 1 aliphatic rings. The topological polar surface area (TPSA) is 26.3 Å². The van der Waals surface area contributed by atoms with E-state index in [1.807, 2.05) is 20.1 Å². The third-order valence-corrected chi connectivity index (χ3v) is 4.50. The molecule has 0 aliphatic carbocycles. The van der Waals surface area contributed by atoms with Crippen LogP contribution in [0.2, 0.25) is 0 Å². The van der Waals surface area contributed by atoms with E-state index in [0.717, 1.165) is 37.4 Å². The van der Waals surface area contributed by atoms with Crippen LogP contribution in [0, 0.1) is 5.41 Å². The van der Waals surface area contributed by atoms with Crippen molar-refractivity contribution in [3.8, 4) is 0 Å². The number of hydrogen-bond acceptors (Lipinski definition) is 2. The second kappa shape index (κ2) is 5.69. The Morgan fingerprint density at radius 2 is 2.00 bits per heavy atom. The maximum absolute atomic E-state index is 11.3. The van der Waals surface area contributed by atoms with Crippen LogP contribution in [0.15, 0.2) is 11.8 Å². The Morgan fingerprint density at radius 1 is 1.40 bits per heavy atom. The zero-order valence-corrected chi connectivity index (χ0v) is 10.9. The van der Waals surface area contributed by atoms with E-state index in [1.165, 1.54) is 5.57 Å². The van der Waals surface area contributed by atoms with Crippen molar-refractivity contribution in [2.75, 3.05) is 18.1 Å². The van der Waals surface area contributed by atoms with E-state index < -0.39 is 10.8 Å². The van der Waals surface area contributed by atoms with Gasteiger partial charge in [-0.2, -0.15) is 0 Å². The fourth-order valence-electron chi connectivity index (χ4n) is 1.87. The lowest BCUT2D eigenvalue weighted by molar-refractivity contribution is 0.0925. The van der Waals surface area contributed by atoms with E-state index in [-0.39, 0.29) is 5.41 Å². The van der Waals surface area contributed by atoms with Crippen molar-refractivity contribution in [2.45, 2.75) is 40.0 Å². The molecule has 88 valence electrons. The maximum Gasteiger partial charge on any atom is 0.0929 e. The zero-order chi connectivity index (χ0) is 11.3. The molecule has 1 heterocycles. The Kier molecular flexibility index (Phi) is 4.84. The van der Waals surface area contributed by atoms with Gasteiger partial charge in [0.15, 0.2) is 0 Å². The van der Waals surface area contributed by atoms with Gasteiger partial charge in [0.2, 0.25) is 0 Å². The maximum atomic E-state index is 11.3. The molecule has 1 saturated heterocycles. The summed E-state index contributed by atoms with van der Waals surface area (Å²) in [6.45, 7) is 7.06. The Labute approximate surface area is 95.5 Å². The SMILES string of the molecule is CCC1(COC=C(C)C)CCS(=O)CC1. The lowest BCUT2D eigenvalue weighted by atomic mass is 9.80. The van der Waals surface area contributed by atoms with Crippen LogP contribution in [0.1, 0.15) is 40.0 Å². The van der Waals surface area contributed by atoms with Crippen molar-refractivity contribution in [3.05, 3.63) is 11.8 Å². The summed E-state index contributed by atoms with van der Waals surface area (Å²) in [4.78, 5) is 0. The minimum Gasteiger partial charge on any atom is -0.501 e. The Hall–Kier alpha value is -0.310. The van der Waals surface area contributed by atoms with Crippen LogP contribution in [-0.2, 0) is 15.5 Å². The van der Waals surface area contributed by atoms with Crippen molar-refractivity contribution in [2.24, 2.45) is 5.41 Å². The van der Waals surface area contributed by atoms with Gasteiger partial charge < -0.3 is 4.74 Å². The molecule has 0 saturated carbocycles. The van der Waals surface area contributed by atoms with E-state index >= 15 is 0 Å². The monoisotopic (exact) mass is 230 g/mol. The van der Waals surface area contributed by atoms with Gasteiger partial charge in [0.05, 0.1) is 12.9 Å². The van der Waals surface area contributed by atoms with Crippen LogP contribution in [0.4, 0.5) is 0 Å². The molecule has 1 aliphatic heterocycles. The van der Waals surface area contributed by atoms with Gasteiger partial charge in [-0.15, -0.1) is 0 Å². The number of ether oxygens (including phenoxy) is 1. The van der Waals surface area contributed by atoms with Crippen LogP contribution in [-0.4, -0.2) is 22.3 Å². The molecule has 15 heavy (non-hydrogen) atoms. The smallest absolute Gasteiger partial charge is 0.0929 e. The van der Waals surface area contributed by atoms with Gasteiger partial charge in [-0.1, -0.05) is 6.92 Å². The quantitative estimate of drug-likeness (QED) is 0.694. The Bertz CT molecular complexity index is 244. The summed E-state index contributed by atoms with van der Waals surface area (Å²) in [5, 5.41) is 0. The van der Waals surface area contributed by atoms with Crippen molar-refractivity contribution < 1.29 is 8.95 Å². The van der Waals surface area contributed by atoms with Gasteiger partial charge in [0.25, 0.3) is 0 Å². The molecular weight excluding hydrogens is 208 g/mol. The summed E-state index contributed by atoms with van der Waals surface area (Å²) in [5.41, 5.74) is 1.47. The minimum atomic E-state index is -0.574. The molecule has 3 heteroatoms. The molecule has 2 nitrogen and oxygen atoms in total. The third-order valence-electron chi connectivity index (χ3n) is 3.18. The first-order valence-electron chi connectivity index (χ1n) is 5.68. The van der Waals surface area contributed by atoms with E-state index in [9.17, 15) is 4.21 Å². The average molecular weight is 230 g/mol. The van der Waals surface area contributed by atoms with Crippen LogP contribution in [0.25, 0.3) is 0 Å². The first kappa shape index (κ1) is 12.8. The van der Waals surface area contributed by atoms with Crippen molar-refractivity contribution in [1.82, 2.24) is 0 Å². The second-order valence-electron chi connectivity index (χ2n) is 4.71. The van der Waals surface area contributed by atoms with E-state index in [4.69, 9.17) is 4.74 Å². The second-order valence-corrected chi connectivity index (χ2v) is 6.40. The highest BCUT2D eigenvalue weighted by atomic mass is 32.2. The molecule has 0 amide bonds. The summed E-state index contributed by atoms with van der Waals surface area (Å²) in [7, 11) is -0.574. The van der Waals surface area contributed by atoms with E-state index in [1.54, 1.807) is 0 Å². The summed E-state index contributed by atoms with van der Waals surface area (Å²) in [6.07, 6.45) is 5.06. The first-order valence-corrected chi connectivity index (χ1v) is 7.17. The van der Waals surface area contributed by atoms with Gasteiger partial charge in [-0.3, -0.25) is 4.21 Å². The normalized spacial score (nSPS) is 31.0. The number of hydrogen-bond donors (Lipinski definition) is 0. The van der Waals surface area contributed by atoms with Gasteiger partial charge in [0, 0.05) is 27.7 Å². The Morgan fingerprint density at radius 3 is 2.47 bits per heavy atom. The van der Waals surface area contributed by atoms with Crippen molar-refractivity contribution >= 4 is 10.8 Å². The summed E-state index contributed by atoms with van der Waals surface area (Å²) in [6, 6.07) is 0. The fraction of sp³-hybridized carbons (Fsp3) is 0.833. The number of rotatable bonds is 4. The van der Waals surface area contributed by atoms with Gasteiger partial charge in [-0.25, -0.2) is 0 Å². The highest BCUT2D eigenvalue weighted by Gasteiger charge is 2.33. The van der Waals surface area contributed by atoms with Crippen LogP contribution in [0.3, 0.4) is 0 Å². The summed E-state index contributed by atoms with van der Waals surface area (Å²) >= 11 is 0.